The van der Waals surface area contributed by atoms with Crippen LogP contribution in [0.4, 0.5) is 0 Å². The van der Waals surface area contributed by atoms with E-state index in [1.807, 2.05) is 11.3 Å². The highest BCUT2D eigenvalue weighted by Crippen LogP contribution is 2.23. The minimum Gasteiger partial charge on any atom is -0.369 e. The SMILES string of the molecule is Cc1ccc(CN2CCO[C@@H](c3cnccn3)C2)s1. The van der Waals surface area contributed by atoms with E-state index in [0.29, 0.717) is 0 Å². The molecule has 0 unspecified atom stereocenters. The van der Waals surface area contributed by atoms with Crippen molar-refractivity contribution in [1.29, 1.82) is 0 Å². The lowest BCUT2D eigenvalue weighted by Gasteiger charge is -2.32. The molecule has 1 aliphatic rings. The van der Waals surface area contributed by atoms with Gasteiger partial charge in [-0.25, -0.2) is 0 Å². The average Bonchev–Trinajstić information content (AvgIpc) is 2.85. The van der Waals surface area contributed by atoms with Gasteiger partial charge < -0.3 is 4.74 Å². The van der Waals surface area contributed by atoms with Gasteiger partial charge in [0.1, 0.15) is 6.10 Å². The zero-order valence-corrected chi connectivity index (χ0v) is 11.8. The topological polar surface area (TPSA) is 38.2 Å². The Labute approximate surface area is 117 Å². The Kier molecular flexibility index (Phi) is 3.87. The molecule has 0 saturated carbocycles. The Balaban J connectivity index is 1.65. The van der Waals surface area contributed by atoms with Gasteiger partial charge in [0.15, 0.2) is 0 Å². The van der Waals surface area contributed by atoms with Gasteiger partial charge >= 0.3 is 0 Å². The van der Waals surface area contributed by atoms with Gasteiger partial charge in [-0.1, -0.05) is 0 Å². The molecular weight excluding hydrogens is 258 g/mol. The second-order valence-corrected chi connectivity index (χ2v) is 6.11. The van der Waals surface area contributed by atoms with Gasteiger partial charge in [0.2, 0.25) is 0 Å². The zero-order chi connectivity index (χ0) is 13.1. The molecule has 2 aromatic rings. The molecule has 4 nitrogen and oxygen atoms in total. The lowest BCUT2D eigenvalue weighted by molar-refractivity contribution is -0.0348. The van der Waals surface area contributed by atoms with Gasteiger partial charge in [0.25, 0.3) is 0 Å². The minimum atomic E-state index is 0.0449. The minimum absolute atomic E-state index is 0.0449. The number of rotatable bonds is 3. The Morgan fingerprint density at radius 1 is 1.42 bits per heavy atom. The van der Waals surface area contributed by atoms with Crippen molar-refractivity contribution in [2.24, 2.45) is 0 Å². The molecule has 0 spiro atoms. The van der Waals surface area contributed by atoms with Crippen LogP contribution in [-0.4, -0.2) is 34.6 Å². The van der Waals surface area contributed by atoms with Gasteiger partial charge in [-0.3, -0.25) is 14.9 Å². The summed E-state index contributed by atoms with van der Waals surface area (Å²) < 4.78 is 5.80. The summed E-state index contributed by atoms with van der Waals surface area (Å²) >= 11 is 1.87. The molecule has 0 bridgehead atoms. The first kappa shape index (κ1) is 12.7. The molecule has 0 N–H and O–H groups in total. The lowest BCUT2D eigenvalue weighted by atomic mass is 10.2. The predicted molar refractivity (Wildman–Crippen MR) is 75.1 cm³/mol. The van der Waals surface area contributed by atoms with E-state index in [2.05, 4.69) is 33.9 Å². The second-order valence-electron chi connectivity index (χ2n) is 4.74. The van der Waals surface area contributed by atoms with Gasteiger partial charge in [0, 0.05) is 41.8 Å². The molecular formula is C14H17N3OS. The molecule has 2 aromatic heterocycles. The highest BCUT2D eigenvalue weighted by atomic mass is 32.1. The molecule has 100 valence electrons. The summed E-state index contributed by atoms with van der Waals surface area (Å²) in [6, 6.07) is 4.40. The number of aromatic nitrogens is 2. The molecule has 1 saturated heterocycles. The summed E-state index contributed by atoms with van der Waals surface area (Å²) in [5.41, 5.74) is 0.926. The molecule has 0 aliphatic carbocycles. The maximum absolute atomic E-state index is 5.80. The van der Waals surface area contributed by atoms with E-state index in [0.717, 1.165) is 31.9 Å². The van der Waals surface area contributed by atoms with E-state index >= 15 is 0 Å². The molecule has 3 heterocycles. The van der Waals surface area contributed by atoms with Gasteiger partial charge in [-0.2, -0.15) is 0 Å². The van der Waals surface area contributed by atoms with Crippen molar-refractivity contribution in [2.45, 2.75) is 19.6 Å². The highest BCUT2D eigenvalue weighted by Gasteiger charge is 2.23. The smallest absolute Gasteiger partial charge is 0.114 e. The number of thiophene rings is 1. The third-order valence-electron chi connectivity index (χ3n) is 3.24. The zero-order valence-electron chi connectivity index (χ0n) is 11.0. The highest BCUT2D eigenvalue weighted by molar-refractivity contribution is 7.11. The Hall–Kier alpha value is -1.30. The number of aryl methyl sites for hydroxylation is 1. The van der Waals surface area contributed by atoms with Crippen LogP contribution in [-0.2, 0) is 11.3 Å². The van der Waals surface area contributed by atoms with E-state index < -0.39 is 0 Å². The molecule has 0 aromatic carbocycles. The van der Waals surface area contributed by atoms with E-state index in [-0.39, 0.29) is 6.10 Å². The van der Waals surface area contributed by atoms with Crippen molar-refractivity contribution in [2.75, 3.05) is 19.7 Å². The van der Waals surface area contributed by atoms with Gasteiger partial charge in [-0.05, 0) is 19.1 Å². The summed E-state index contributed by atoms with van der Waals surface area (Å²) in [7, 11) is 0. The van der Waals surface area contributed by atoms with Crippen LogP contribution in [0.15, 0.2) is 30.7 Å². The van der Waals surface area contributed by atoms with E-state index in [4.69, 9.17) is 4.74 Å². The van der Waals surface area contributed by atoms with Crippen molar-refractivity contribution in [1.82, 2.24) is 14.9 Å². The number of morpholine rings is 1. The maximum atomic E-state index is 5.80. The molecule has 0 radical (unpaired) electrons. The average molecular weight is 275 g/mol. The predicted octanol–water partition coefficient (Wildman–Crippen LogP) is 2.42. The summed E-state index contributed by atoms with van der Waals surface area (Å²) in [4.78, 5) is 13.7. The quantitative estimate of drug-likeness (QED) is 0.862. The molecule has 3 rings (SSSR count). The van der Waals surface area contributed by atoms with E-state index in [9.17, 15) is 0 Å². The van der Waals surface area contributed by atoms with Crippen LogP contribution in [0.2, 0.25) is 0 Å². The maximum Gasteiger partial charge on any atom is 0.114 e. The van der Waals surface area contributed by atoms with Crippen molar-refractivity contribution in [3.63, 3.8) is 0 Å². The molecule has 1 fully saturated rings. The summed E-state index contributed by atoms with van der Waals surface area (Å²) in [5.74, 6) is 0. The summed E-state index contributed by atoms with van der Waals surface area (Å²) in [6.07, 6.45) is 5.26. The number of ether oxygens (including phenoxy) is 1. The van der Waals surface area contributed by atoms with Gasteiger partial charge in [0.05, 0.1) is 18.5 Å². The first-order chi connectivity index (χ1) is 9.31. The van der Waals surface area contributed by atoms with Crippen LogP contribution in [0, 0.1) is 6.92 Å². The molecule has 1 aliphatic heterocycles. The van der Waals surface area contributed by atoms with Gasteiger partial charge in [-0.15, -0.1) is 11.3 Å². The van der Waals surface area contributed by atoms with Crippen LogP contribution in [0.25, 0.3) is 0 Å². The van der Waals surface area contributed by atoms with Crippen LogP contribution in [0.5, 0.6) is 0 Å². The third-order valence-corrected chi connectivity index (χ3v) is 4.22. The normalized spacial score (nSPS) is 20.6. The van der Waals surface area contributed by atoms with Crippen molar-refractivity contribution >= 4 is 11.3 Å². The van der Waals surface area contributed by atoms with E-state index in [1.165, 1.54) is 9.75 Å². The van der Waals surface area contributed by atoms with Crippen LogP contribution in [0.3, 0.4) is 0 Å². The third kappa shape index (κ3) is 3.18. The first-order valence-corrected chi connectivity index (χ1v) is 7.28. The van der Waals surface area contributed by atoms with Crippen LogP contribution in [0.1, 0.15) is 21.6 Å². The van der Waals surface area contributed by atoms with E-state index in [1.54, 1.807) is 18.6 Å². The van der Waals surface area contributed by atoms with Crippen molar-refractivity contribution in [3.05, 3.63) is 46.2 Å². The number of hydrogen-bond acceptors (Lipinski definition) is 5. The standard InChI is InChI=1S/C14H17N3OS/c1-11-2-3-12(19-11)9-17-6-7-18-14(10-17)13-8-15-4-5-16-13/h2-5,8,14H,6-7,9-10H2,1H3/t14-/m1/s1. The fourth-order valence-electron chi connectivity index (χ4n) is 2.29. The van der Waals surface area contributed by atoms with Crippen LogP contribution >= 0.6 is 11.3 Å². The van der Waals surface area contributed by atoms with Crippen molar-refractivity contribution < 1.29 is 4.74 Å². The molecule has 19 heavy (non-hydrogen) atoms. The molecule has 5 heteroatoms. The Morgan fingerprint density at radius 2 is 2.37 bits per heavy atom. The van der Waals surface area contributed by atoms with Crippen molar-refractivity contribution in [3.8, 4) is 0 Å². The number of nitrogens with zero attached hydrogens (tertiary/aromatic N) is 3. The monoisotopic (exact) mass is 275 g/mol. The Morgan fingerprint density at radius 3 is 3.11 bits per heavy atom. The first-order valence-electron chi connectivity index (χ1n) is 6.46. The second kappa shape index (κ2) is 5.77. The summed E-state index contributed by atoms with van der Waals surface area (Å²) in [6.45, 7) is 5.77. The molecule has 1 atom stereocenters. The largest absolute Gasteiger partial charge is 0.369 e. The fraction of sp³-hybridized carbons (Fsp3) is 0.429. The van der Waals surface area contributed by atoms with Crippen LogP contribution < -0.4 is 0 Å². The summed E-state index contributed by atoms with van der Waals surface area (Å²) in [5, 5.41) is 0. The lowest BCUT2D eigenvalue weighted by Crippen LogP contribution is -2.37. The molecule has 0 amide bonds. The fourth-order valence-corrected chi connectivity index (χ4v) is 3.23. The number of hydrogen-bond donors (Lipinski definition) is 0. The Bertz CT molecular complexity index is 528.